The summed E-state index contributed by atoms with van der Waals surface area (Å²) in [6.45, 7) is 0. The van der Waals surface area contributed by atoms with E-state index in [2.05, 4.69) is 57.8 Å². The Balaban J connectivity index is 2.04. The first-order chi connectivity index (χ1) is 8.38. The molecule has 1 aliphatic rings. The highest BCUT2D eigenvalue weighted by Crippen LogP contribution is 2.36. The Hall–Kier alpha value is -1.13. The second-order valence-electron chi connectivity index (χ2n) is 4.75. The van der Waals surface area contributed by atoms with Crippen LogP contribution < -0.4 is 0 Å². The van der Waals surface area contributed by atoms with Crippen molar-refractivity contribution in [2.45, 2.75) is 18.8 Å². The summed E-state index contributed by atoms with van der Waals surface area (Å²) in [4.78, 5) is 0. The van der Waals surface area contributed by atoms with Gasteiger partial charge < -0.3 is 0 Å². The lowest BCUT2D eigenvalue weighted by molar-refractivity contribution is 0.757. The average Bonchev–Trinajstić information content (AvgIpc) is 2.81. The maximum absolute atomic E-state index is 2.89. The van der Waals surface area contributed by atoms with E-state index in [-0.39, 0.29) is 0 Å². The Morgan fingerprint density at radius 3 is 2.59 bits per heavy atom. The summed E-state index contributed by atoms with van der Waals surface area (Å²) in [5, 5.41) is 0. The zero-order chi connectivity index (χ0) is 11.7. The summed E-state index contributed by atoms with van der Waals surface area (Å²) < 4.78 is 0. The molecule has 0 aromatic heterocycles. The largest absolute Gasteiger partial charge is 0.137 e. The second kappa shape index (κ2) is 4.63. The minimum Gasteiger partial charge on any atom is -0.137 e. The molecule has 0 amide bonds. The third kappa shape index (κ3) is 2.03. The smallest absolute Gasteiger partial charge is 0.0121 e. The van der Waals surface area contributed by atoms with Crippen molar-refractivity contribution in [2.24, 2.45) is 0 Å². The molecule has 0 aliphatic heterocycles. The molecule has 0 spiro atoms. The van der Waals surface area contributed by atoms with Crippen molar-refractivity contribution in [2.75, 3.05) is 6.16 Å². The van der Waals surface area contributed by atoms with Crippen molar-refractivity contribution in [1.82, 2.24) is 0 Å². The van der Waals surface area contributed by atoms with Gasteiger partial charge in [-0.2, -0.15) is 0 Å². The van der Waals surface area contributed by atoms with Crippen LogP contribution in [-0.4, -0.2) is 6.16 Å². The second-order valence-corrected chi connectivity index (χ2v) is 5.22. The molecule has 2 unspecified atom stereocenters. The van der Waals surface area contributed by atoms with Gasteiger partial charge in [-0.05, 0) is 47.2 Å². The van der Waals surface area contributed by atoms with Crippen molar-refractivity contribution in [1.29, 1.82) is 0 Å². The van der Waals surface area contributed by atoms with Crippen LogP contribution in [0.2, 0.25) is 0 Å². The van der Waals surface area contributed by atoms with Gasteiger partial charge in [0.05, 0.1) is 0 Å². The van der Waals surface area contributed by atoms with Gasteiger partial charge in [0.15, 0.2) is 0 Å². The molecule has 0 radical (unpaired) electrons. The lowest BCUT2D eigenvalue weighted by Crippen LogP contribution is -1.94. The van der Waals surface area contributed by atoms with E-state index in [4.69, 9.17) is 0 Å². The van der Waals surface area contributed by atoms with Crippen LogP contribution in [0.25, 0.3) is 11.1 Å². The highest BCUT2D eigenvalue weighted by atomic mass is 31.0. The van der Waals surface area contributed by atoms with E-state index in [9.17, 15) is 0 Å². The molecule has 17 heavy (non-hydrogen) atoms. The third-order valence-corrected chi connectivity index (χ3v) is 4.31. The molecule has 2 aromatic rings. The fraction of sp³-hybridized carbons (Fsp3) is 0.250. The molecule has 0 fully saturated rings. The van der Waals surface area contributed by atoms with Crippen LogP contribution >= 0.6 is 9.24 Å². The van der Waals surface area contributed by atoms with Crippen molar-refractivity contribution >= 4 is 9.24 Å². The summed E-state index contributed by atoms with van der Waals surface area (Å²) in [5.74, 6) is 0.749. The van der Waals surface area contributed by atoms with Crippen LogP contribution in [0.3, 0.4) is 0 Å². The lowest BCUT2D eigenvalue weighted by atomic mass is 9.97. The van der Waals surface area contributed by atoms with Gasteiger partial charge in [0.25, 0.3) is 0 Å². The van der Waals surface area contributed by atoms with E-state index in [1.54, 1.807) is 11.1 Å². The van der Waals surface area contributed by atoms with Gasteiger partial charge in [0.1, 0.15) is 0 Å². The molecule has 0 nitrogen and oxygen atoms in total. The summed E-state index contributed by atoms with van der Waals surface area (Å²) in [7, 11) is 2.89. The monoisotopic (exact) mass is 240 g/mol. The van der Waals surface area contributed by atoms with Crippen LogP contribution in [-0.2, 0) is 6.42 Å². The summed E-state index contributed by atoms with van der Waals surface area (Å²) >= 11 is 0. The number of aryl methyl sites for hydroxylation is 1. The van der Waals surface area contributed by atoms with E-state index in [0.717, 1.165) is 5.92 Å². The quantitative estimate of drug-likeness (QED) is 0.688. The predicted octanol–water partition coefficient (Wildman–Crippen LogP) is 4.26. The topological polar surface area (TPSA) is 0 Å². The maximum Gasteiger partial charge on any atom is -0.0121 e. The van der Waals surface area contributed by atoms with Gasteiger partial charge in [0, 0.05) is 0 Å². The molecule has 0 heterocycles. The van der Waals surface area contributed by atoms with Crippen LogP contribution in [0, 0.1) is 0 Å². The standard InChI is InChI=1S/C16H17P/c17-11-15-9-7-13-6-8-14(10-16(13)15)12-4-2-1-3-5-12/h1-6,8,10,15H,7,9,11,17H2. The molecule has 0 saturated carbocycles. The number of hydrogen-bond acceptors (Lipinski definition) is 0. The zero-order valence-electron chi connectivity index (χ0n) is 9.89. The molecule has 1 heteroatoms. The van der Waals surface area contributed by atoms with Gasteiger partial charge in [-0.3, -0.25) is 0 Å². The van der Waals surface area contributed by atoms with Crippen molar-refractivity contribution in [3.8, 4) is 11.1 Å². The molecule has 3 rings (SSSR count). The van der Waals surface area contributed by atoms with Gasteiger partial charge in [-0.15, -0.1) is 9.24 Å². The van der Waals surface area contributed by atoms with Crippen LogP contribution in [0.5, 0.6) is 0 Å². The number of benzene rings is 2. The molecule has 0 saturated heterocycles. The number of hydrogen-bond donors (Lipinski definition) is 0. The molecule has 86 valence electrons. The van der Waals surface area contributed by atoms with E-state index < -0.39 is 0 Å². The maximum atomic E-state index is 2.89. The predicted molar refractivity (Wildman–Crippen MR) is 77.5 cm³/mol. The van der Waals surface area contributed by atoms with Crippen molar-refractivity contribution in [3.63, 3.8) is 0 Å². The molecule has 1 aliphatic carbocycles. The molecular weight excluding hydrogens is 223 g/mol. The molecule has 0 N–H and O–H groups in total. The van der Waals surface area contributed by atoms with Crippen LogP contribution in [0.1, 0.15) is 23.5 Å². The van der Waals surface area contributed by atoms with E-state index in [0.29, 0.717) is 0 Å². The van der Waals surface area contributed by atoms with E-state index >= 15 is 0 Å². The minimum absolute atomic E-state index is 0.749. The Labute approximate surface area is 105 Å². The number of fused-ring (bicyclic) bond motifs is 1. The van der Waals surface area contributed by atoms with Gasteiger partial charge in [0.2, 0.25) is 0 Å². The number of rotatable bonds is 2. The summed E-state index contributed by atoms with van der Waals surface area (Å²) in [5.41, 5.74) is 5.80. The van der Waals surface area contributed by atoms with Crippen molar-refractivity contribution < 1.29 is 0 Å². The Kier molecular flexibility index (Phi) is 2.99. The lowest BCUT2D eigenvalue weighted by Gasteiger charge is -2.10. The van der Waals surface area contributed by atoms with Gasteiger partial charge in [-0.25, -0.2) is 0 Å². The molecular formula is C16H17P. The normalized spacial score (nSPS) is 18.1. The minimum atomic E-state index is 0.749. The SMILES string of the molecule is PCC1CCc2ccc(-c3ccccc3)cc21. The summed E-state index contributed by atoms with van der Waals surface area (Å²) in [6, 6.07) is 17.6. The first-order valence-corrected chi connectivity index (χ1v) is 7.08. The van der Waals surface area contributed by atoms with Crippen molar-refractivity contribution in [3.05, 3.63) is 59.7 Å². The average molecular weight is 240 g/mol. The molecule has 0 bridgehead atoms. The Bertz CT molecular complexity index is 516. The Morgan fingerprint density at radius 1 is 1.00 bits per heavy atom. The highest BCUT2D eigenvalue weighted by Gasteiger charge is 2.21. The fourth-order valence-electron chi connectivity index (χ4n) is 2.74. The highest BCUT2D eigenvalue weighted by molar-refractivity contribution is 7.16. The molecule has 2 aromatic carbocycles. The van der Waals surface area contributed by atoms with Gasteiger partial charge in [-0.1, -0.05) is 48.5 Å². The van der Waals surface area contributed by atoms with E-state index in [1.165, 1.54) is 30.1 Å². The third-order valence-electron chi connectivity index (χ3n) is 3.74. The summed E-state index contributed by atoms with van der Waals surface area (Å²) in [6.07, 6.45) is 3.76. The first-order valence-electron chi connectivity index (χ1n) is 6.27. The first kappa shape index (κ1) is 11.0. The van der Waals surface area contributed by atoms with E-state index in [1.807, 2.05) is 0 Å². The van der Waals surface area contributed by atoms with Gasteiger partial charge >= 0.3 is 0 Å². The fourth-order valence-corrected chi connectivity index (χ4v) is 3.23. The molecule has 2 atom stereocenters. The van der Waals surface area contributed by atoms with Crippen LogP contribution in [0.15, 0.2) is 48.5 Å². The Morgan fingerprint density at radius 2 is 1.82 bits per heavy atom. The van der Waals surface area contributed by atoms with Crippen LogP contribution in [0.4, 0.5) is 0 Å². The zero-order valence-corrected chi connectivity index (χ0v) is 11.0.